The summed E-state index contributed by atoms with van der Waals surface area (Å²) in [5.74, 6) is -0.0313. The molecule has 2 aromatic rings. The lowest BCUT2D eigenvalue weighted by molar-refractivity contribution is -0.158. The summed E-state index contributed by atoms with van der Waals surface area (Å²) in [7, 11) is 0. The van der Waals surface area contributed by atoms with E-state index in [2.05, 4.69) is 36.4 Å². The number of esters is 1. The van der Waals surface area contributed by atoms with Gasteiger partial charge < -0.3 is 9.64 Å². The molecule has 2 aromatic carbocycles. The van der Waals surface area contributed by atoms with Crippen LogP contribution in [0, 0.1) is 17.8 Å². The van der Waals surface area contributed by atoms with Gasteiger partial charge in [0.2, 0.25) is 5.91 Å². The molecule has 1 saturated heterocycles. The fourth-order valence-electron chi connectivity index (χ4n) is 5.04. The van der Waals surface area contributed by atoms with E-state index < -0.39 is 0 Å². The topological polar surface area (TPSA) is 46.6 Å². The molecule has 156 valence electrons. The van der Waals surface area contributed by atoms with Crippen molar-refractivity contribution in [2.75, 3.05) is 6.61 Å². The first-order valence-electron chi connectivity index (χ1n) is 10.9. The molecule has 1 aliphatic heterocycles. The third kappa shape index (κ3) is 4.33. The van der Waals surface area contributed by atoms with Crippen molar-refractivity contribution in [1.82, 2.24) is 4.90 Å². The second-order valence-electron chi connectivity index (χ2n) is 8.23. The van der Waals surface area contributed by atoms with Gasteiger partial charge in [-0.2, -0.15) is 0 Å². The average Bonchev–Trinajstić information content (AvgIpc) is 2.77. The minimum atomic E-state index is -0.208. The van der Waals surface area contributed by atoms with Crippen LogP contribution in [0.4, 0.5) is 0 Å². The first-order valence-corrected chi connectivity index (χ1v) is 10.9. The van der Waals surface area contributed by atoms with Gasteiger partial charge in [-0.1, -0.05) is 72.8 Å². The van der Waals surface area contributed by atoms with E-state index in [0.29, 0.717) is 26.0 Å². The number of hydrogen-bond acceptors (Lipinski definition) is 3. The predicted octanol–water partition coefficient (Wildman–Crippen LogP) is 4.40. The number of fused-ring (bicyclic) bond motifs is 1. The third-order valence-electron chi connectivity index (χ3n) is 6.38. The largest absolute Gasteiger partial charge is 0.466 e. The smallest absolute Gasteiger partial charge is 0.309 e. The summed E-state index contributed by atoms with van der Waals surface area (Å²) in [6.07, 6.45) is 6.08. The number of ether oxygens (including phenoxy) is 1. The van der Waals surface area contributed by atoms with Crippen LogP contribution >= 0.6 is 0 Å². The molecule has 4 rings (SSSR count). The molecule has 0 spiro atoms. The zero-order valence-electron chi connectivity index (χ0n) is 17.4. The summed E-state index contributed by atoms with van der Waals surface area (Å²) in [4.78, 5) is 28.1. The molecule has 0 N–H and O–H groups in total. The number of allylic oxidation sites excluding steroid dienone is 2. The fourth-order valence-corrected chi connectivity index (χ4v) is 5.04. The van der Waals surface area contributed by atoms with Gasteiger partial charge in [-0.25, -0.2) is 0 Å². The van der Waals surface area contributed by atoms with Crippen LogP contribution in [-0.2, 0) is 27.3 Å². The molecule has 30 heavy (non-hydrogen) atoms. The van der Waals surface area contributed by atoms with Crippen molar-refractivity contribution in [3.05, 3.63) is 83.9 Å². The molecule has 0 unspecified atom stereocenters. The zero-order chi connectivity index (χ0) is 20.9. The molecule has 2 aliphatic rings. The van der Waals surface area contributed by atoms with Crippen LogP contribution in [-0.4, -0.2) is 29.4 Å². The quantitative estimate of drug-likeness (QED) is 0.530. The van der Waals surface area contributed by atoms with Crippen molar-refractivity contribution in [2.45, 2.75) is 38.8 Å². The van der Waals surface area contributed by atoms with Gasteiger partial charge in [0.05, 0.1) is 12.5 Å². The van der Waals surface area contributed by atoms with Crippen molar-refractivity contribution in [3.8, 4) is 0 Å². The van der Waals surface area contributed by atoms with Gasteiger partial charge in [-0.15, -0.1) is 0 Å². The Morgan fingerprint density at radius 2 is 1.70 bits per heavy atom. The summed E-state index contributed by atoms with van der Waals surface area (Å²) < 4.78 is 5.43. The zero-order valence-corrected chi connectivity index (χ0v) is 17.4. The monoisotopic (exact) mass is 403 g/mol. The Morgan fingerprint density at radius 3 is 2.37 bits per heavy atom. The Kier molecular flexibility index (Phi) is 6.32. The maximum absolute atomic E-state index is 13.2. The summed E-state index contributed by atoms with van der Waals surface area (Å²) in [6, 6.07) is 20.3. The van der Waals surface area contributed by atoms with E-state index >= 15 is 0 Å². The van der Waals surface area contributed by atoms with Gasteiger partial charge in [-0.05, 0) is 42.7 Å². The van der Waals surface area contributed by atoms with Gasteiger partial charge >= 0.3 is 5.97 Å². The van der Waals surface area contributed by atoms with Crippen LogP contribution in [0.2, 0.25) is 0 Å². The summed E-state index contributed by atoms with van der Waals surface area (Å²) in [5.41, 5.74) is 2.30. The number of hydrogen-bond donors (Lipinski definition) is 0. The molecule has 1 fully saturated rings. The normalized spacial score (nSPS) is 25.6. The van der Waals surface area contributed by atoms with Crippen molar-refractivity contribution in [1.29, 1.82) is 0 Å². The maximum Gasteiger partial charge on any atom is 0.309 e. The molecular formula is C26H29NO3. The molecule has 0 radical (unpaired) electrons. The lowest BCUT2D eigenvalue weighted by Gasteiger charge is -2.48. The summed E-state index contributed by atoms with van der Waals surface area (Å²) >= 11 is 0. The van der Waals surface area contributed by atoms with E-state index in [1.807, 2.05) is 48.2 Å². The van der Waals surface area contributed by atoms with Crippen LogP contribution in [0.3, 0.4) is 0 Å². The van der Waals surface area contributed by atoms with Crippen molar-refractivity contribution in [2.24, 2.45) is 17.8 Å². The van der Waals surface area contributed by atoms with Crippen LogP contribution < -0.4 is 0 Å². The summed E-state index contributed by atoms with van der Waals surface area (Å²) in [6.45, 7) is 2.80. The number of likely N-dealkylation sites (tertiary alicyclic amines) is 1. The van der Waals surface area contributed by atoms with E-state index in [0.717, 1.165) is 12.0 Å². The van der Waals surface area contributed by atoms with Crippen LogP contribution in [0.25, 0.3) is 0 Å². The molecule has 0 saturated carbocycles. The second kappa shape index (κ2) is 9.29. The highest BCUT2D eigenvalue weighted by Crippen LogP contribution is 2.43. The number of rotatable bonds is 6. The van der Waals surface area contributed by atoms with Crippen molar-refractivity contribution in [3.63, 3.8) is 0 Å². The number of piperidine rings is 1. The lowest BCUT2D eigenvalue weighted by Crippen LogP contribution is -2.56. The highest BCUT2D eigenvalue weighted by molar-refractivity contribution is 5.80. The molecule has 0 bridgehead atoms. The minimum Gasteiger partial charge on any atom is -0.466 e. The van der Waals surface area contributed by atoms with E-state index in [1.54, 1.807) is 0 Å². The minimum absolute atomic E-state index is 0.0433. The third-order valence-corrected chi connectivity index (χ3v) is 6.38. The van der Waals surface area contributed by atoms with Crippen LogP contribution in [0.15, 0.2) is 72.8 Å². The maximum atomic E-state index is 13.2. The number of carbonyl (C=O) groups excluding carboxylic acids is 2. The fraction of sp³-hybridized carbons (Fsp3) is 0.385. The predicted molar refractivity (Wildman–Crippen MR) is 116 cm³/mol. The second-order valence-corrected chi connectivity index (χ2v) is 8.23. The highest BCUT2D eigenvalue weighted by Gasteiger charge is 2.48. The summed E-state index contributed by atoms with van der Waals surface area (Å²) in [5, 5.41) is 0. The Balaban J connectivity index is 1.70. The van der Waals surface area contributed by atoms with E-state index in [-0.39, 0.29) is 35.7 Å². The first-order chi connectivity index (χ1) is 14.7. The lowest BCUT2D eigenvalue weighted by atomic mass is 9.66. The molecule has 1 aliphatic carbocycles. The molecule has 4 atom stereocenters. The molecule has 0 aromatic heterocycles. The standard InChI is InChI=1S/C26H29NO3/c1-2-30-26(29)22-15-9-14-21-17-24(28)27(18-20-12-7-4-8-13-20)23(25(21)22)16-19-10-5-3-6-11-19/h3-14,21-23,25H,2,15-18H2,1H3/t21-,22-,23-,25-/m0/s1. The number of amides is 1. The van der Waals surface area contributed by atoms with E-state index in [9.17, 15) is 9.59 Å². The van der Waals surface area contributed by atoms with Gasteiger partial charge in [0.15, 0.2) is 0 Å². The number of carbonyl (C=O) groups is 2. The van der Waals surface area contributed by atoms with E-state index in [1.165, 1.54) is 5.56 Å². The Labute approximate surface area is 178 Å². The Bertz CT molecular complexity index is 893. The van der Waals surface area contributed by atoms with Crippen LogP contribution in [0.5, 0.6) is 0 Å². The van der Waals surface area contributed by atoms with Gasteiger partial charge in [0.1, 0.15) is 0 Å². The van der Waals surface area contributed by atoms with Gasteiger partial charge in [0, 0.05) is 19.0 Å². The Morgan fingerprint density at radius 1 is 1.03 bits per heavy atom. The van der Waals surface area contributed by atoms with Crippen molar-refractivity contribution < 1.29 is 14.3 Å². The molecule has 1 amide bonds. The number of benzene rings is 2. The molecular weight excluding hydrogens is 374 g/mol. The van der Waals surface area contributed by atoms with Gasteiger partial charge in [-0.3, -0.25) is 9.59 Å². The molecule has 4 nitrogen and oxygen atoms in total. The Hall–Kier alpha value is -2.88. The van der Waals surface area contributed by atoms with Crippen LogP contribution in [0.1, 0.15) is 30.9 Å². The van der Waals surface area contributed by atoms with Crippen molar-refractivity contribution >= 4 is 11.9 Å². The molecule has 4 heteroatoms. The van der Waals surface area contributed by atoms with Gasteiger partial charge in [0.25, 0.3) is 0 Å². The number of nitrogens with zero attached hydrogens (tertiary/aromatic N) is 1. The van der Waals surface area contributed by atoms with E-state index in [4.69, 9.17) is 4.74 Å². The SMILES string of the molecule is CCOC(=O)[C@H]1CC=C[C@H]2CC(=O)N(Cc3ccccc3)[C@@H](Cc3ccccc3)[C@H]12. The average molecular weight is 404 g/mol. The first kappa shape index (κ1) is 20.4. The molecule has 1 heterocycles. The highest BCUT2D eigenvalue weighted by atomic mass is 16.5.